The average Bonchev–Trinajstić information content (AvgIpc) is 2.90. The molecule has 1 spiro atoms. The van der Waals surface area contributed by atoms with E-state index in [0.717, 1.165) is 37.2 Å². The van der Waals surface area contributed by atoms with Crippen LogP contribution in [0.1, 0.15) is 18.4 Å². The van der Waals surface area contributed by atoms with Crippen molar-refractivity contribution in [1.29, 1.82) is 0 Å². The summed E-state index contributed by atoms with van der Waals surface area (Å²) in [5.74, 6) is -0.0723. The van der Waals surface area contributed by atoms with Crippen LogP contribution in [-0.2, 0) is 11.3 Å². The van der Waals surface area contributed by atoms with Gasteiger partial charge in [-0.15, -0.1) is 12.4 Å². The van der Waals surface area contributed by atoms with Crippen LogP contribution >= 0.6 is 12.4 Å². The highest BCUT2D eigenvalue weighted by molar-refractivity contribution is 5.93. The molecule has 2 aromatic carbocycles. The van der Waals surface area contributed by atoms with Gasteiger partial charge >= 0.3 is 0 Å². The lowest BCUT2D eigenvalue weighted by Gasteiger charge is -2.40. The van der Waals surface area contributed by atoms with E-state index in [1.54, 1.807) is 12.1 Å². The third-order valence-electron chi connectivity index (χ3n) is 5.30. The lowest BCUT2D eigenvalue weighted by molar-refractivity contribution is -0.133. The topological polar surface area (TPSA) is 35.6 Å². The smallest absolute Gasteiger partial charge is 0.250 e. The Kier molecular flexibility index (Phi) is 5.49. The Labute approximate surface area is 159 Å². The van der Waals surface area contributed by atoms with Crippen LogP contribution in [-0.4, -0.2) is 36.1 Å². The molecule has 2 aromatic rings. The molecule has 0 unspecified atom stereocenters. The van der Waals surface area contributed by atoms with Crippen molar-refractivity contribution in [2.24, 2.45) is 0 Å². The molecule has 0 aliphatic carbocycles. The summed E-state index contributed by atoms with van der Waals surface area (Å²) in [5, 5.41) is 3.34. The number of hydrogen-bond acceptors (Lipinski definition) is 3. The number of carbonyl (C=O) groups is 1. The third kappa shape index (κ3) is 3.29. The second-order valence-corrected chi connectivity index (χ2v) is 6.82. The first-order valence-electron chi connectivity index (χ1n) is 8.76. The number of benzene rings is 2. The Balaban J connectivity index is 0.00000196. The number of hydrogen-bond donors (Lipinski definition) is 1. The van der Waals surface area contributed by atoms with Crippen LogP contribution < -0.4 is 10.2 Å². The van der Waals surface area contributed by atoms with Crippen LogP contribution in [0.25, 0.3) is 0 Å². The molecular weight excluding hydrogens is 353 g/mol. The summed E-state index contributed by atoms with van der Waals surface area (Å²) < 4.78 is 13.3. The van der Waals surface area contributed by atoms with Crippen molar-refractivity contribution >= 4 is 24.0 Å². The summed E-state index contributed by atoms with van der Waals surface area (Å²) in [5.41, 5.74) is 1.52. The van der Waals surface area contributed by atoms with E-state index in [2.05, 4.69) is 10.2 Å². The van der Waals surface area contributed by atoms with E-state index in [0.29, 0.717) is 13.2 Å². The van der Waals surface area contributed by atoms with Crippen molar-refractivity contribution in [3.8, 4) is 0 Å². The molecule has 138 valence electrons. The van der Waals surface area contributed by atoms with Crippen LogP contribution in [0.5, 0.6) is 0 Å². The highest BCUT2D eigenvalue weighted by atomic mass is 35.5. The summed E-state index contributed by atoms with van der Waals surface area (Å²) in [7, 11) is 0. The Morgan fingerprint density at radius 1 is 1.00 bits per heavy atom. The van der Waals surface area contributed by atoms with Crippen molar-refractivity contribution in [2.45, 2.75) is 24.9 Å². The maximum atomic E-state index is 13.3. The van der Waals surface area contributed by atoms with E-state index in [9.17, 15) is 9.18 Å². The molecule has 26 heavy (non-hydrogen) atoms. The maximum absolute atomic E-state index is 13.3. The fraction of sp³-hybridized carbons (Fsp3) is 0.350. The number of nitrogens with zero attached hydrogens (tertiary/aromatic N) is 2. The number of carbonyl (C=O) groups excluding carboxylic acids is 1. The van der Waals surface area contributed by atoms with Crippen LogP contribution in [0, 0.1) is 5.82 Å². The fourth-order valence-electron chi connectivity index (χ4n) is 3.98. The Morgan fingerprint density at radius 3 is 2.31 bits per heavy atom. The van der Waals surface area contributed by atoms with Crippen LogP contribution in [0.2, 0.25) is 0 Å². The summed E-state index contributed by atoms with van der Waals surface area (Å²) in [6.45, 7) is 2.79. The van der Waals surface area contributed by atoms with Gasteiger partial charge in [-0.3, -0.25) is 4.79 Å². The Morgan fingerprint density at radius 2 is 1.65 bits per heavy atom. The second kappa shape index (κ2) is 7.64. The number of rotatable bonds is 3. The summed E-state index contributed by atoms with van der Waals surface area (Å²) in [6.07, 6.45) is 1.54. The van der Waals surface area contributed by atoms with Crippen LogP contribution in [0.15, 0.2) is 54.6 Å². The van der Waals surface area contributed by atoms with Gasteiger partial charge in [0.1, 0.15) is 11.4 Å². The molecule has 0 atom stereocenters. The summed E-state index contributed by atoms with van der Waals surface area (Å²) in [4.78, 5) is 17.4. The highest BCUT2D eigenvalue weighted by Crippen LogP contribution is 2.38. The normalized spacial score (nSPS) is 18.9. The summed E-state index contributed by atoms with van der Waals surface area (Å²) in [6, 6.07) is 16.5. The first kappa shape index (κ1) is 18.7. The SMILES string of the molecule is Cl.O=C1N(Cc2ccccc2)CN(c2ccc(F)cc2)C12CCNCC2. The van der Waals surface area contributed by atoms with Crippen molar-refractivity contribution in [2.75, 3.05) is 24.7 Å². The molecule has 0 radical (unpaired) electrons. The first-order chi connectivity index (χ1) is 12.2. The van der Waals surface area contributed by atoms with Gasteiger partial charge in [0.05, 0.1) is 6.67 Å². The molecule has 4 rings (SSSR count). The zero-order chi connectivity index (χ0) is 17.3. The zero-order valence-corrected chi connectivity index (χ0v) is 15.3. The predicted molar refractivity (Wildman–Crippen MR) is 103 cm³/mol. The average molecular weight is 376 g/mol. The van der Waals surface area contributed by atoms with Gasteiger partial charge in [-0.05, 0) is 55.8 Å². The molecule has 2 aliphatic rings. The highest BCUT2D eigenvalue weighted by Gasteiger charge is 2.52. The van der Waals surface area contributed by atoms with Gasteiger partial charge in [-0.2, -0.15) is 0 Å². The molecule has 0 saturated carbocycles. The van der Waals surface area contributed by atoms with Gasteiger partial charge < -0.3 is 15.1 Å². The van der Waals surface area contributed by atoms with Gasteiger partial charge in [0.25, 0.3) is 0 Å². The standard InChI is InChI=1S/C20H22FN3O.ClH/c21-17-6-8-18(9-7-17)24-15-23(14-16-4-2-1-3-5-16)19(25)20(24)10-12-22-13-11-20;/h1-9,22H,10-15H2;1H. The quantitative estimate of drug-likeness (QED) is 0.895. The van der Waals surface area contributed by atoms with Crippen molar-refractivity contribution in [3.05, 3.63) is 66.0 Å². The molecule has 2 fully saturated rings. The number of amides is 1. The molecule has 0 aromatic heterocycles. The van der Waals surface area contributed by atoms with Gasteiger partial charge in [-0.25, -0.2) is 4.39 Å². The van der Waals surface area contributed by atoms with E-state index in [-0.39, 0.29) is 24.1 Å². The molecular formula is C20H23ClFN3O. The number of piperidine rings is 1. The fourth-order valence-corrected chi connectivity index (χ4v) is 3.98. The lowest BCUT2D eigenvalue weighted by Crippen LogP contribution is -2.55. The number of halogens is 2. The van der Waals surface area contributed by atoms with Crippen LogP contribution in [0.4, 0.5) is 10.1 Å². The van der Waals surface area contributed by atoms with E-state index >= 15 is 0 Å². The number of nitrogens with one attached hydrogen (secondary N) is 1. The summed E-state index contributed by atoms with van der Waals surface area (Å²) >= 11 is 0. The lowest BCUT2D eigenvalue weighted by atomic mass is 9.86. The van der Waals surface area contributed by atoms with Crippen molar-refractivity contribution in [3.63, 3.8) is 0 Å². The van der Waals surface area contributed by atoms with Gasteiger partial charge in [-0.1, -0.05) is 30.3 Å². The van der Waals surface area contributed by atoms with E-state index in [4.69, 9.17) is 0 Å². The molecule has 2 saturated heterocycles. The molecule has 0 bridgehead atoms. The molecule has 1 amide bonds. The third-order valence-corrected chi connectivity index (χ3v) is 5.30. The molecule has 2 heterocycles. The predicted octanol–water partition coefficient (Wildman–Crippen LogP) is 3.18. The minimum atomic E-state index is -0.516. The molecule has 2 aliphatic heterocycles. The van der Waals surface area contributed by atoms with E-state index < -0.39 is 5.54 Å². The Hall–Kier alpha value is -2.11. The van der Waals surface area contributed by atoms with Gasteiger partial charge in [0.2, 0.25) is 5.91 Å². The van der Waals surface area contributed by atoms with Gasteiger partial charge in [0, 0.05) is 12.2 Å². The van der Waals surface area contributed by atoms with E-state index in [1.165, 1.54) is 12.1 Å². The first-order valence-corrected chi connectivity index (χ1v) is 8.76. The van der Waals surface area contributed by atoms with E-state index in [1.807, 2.05) is 35.2 Å². The minimum absolute atomic E-state index is 0. The maximum Gasteiger partial charge on any atom is 0.250 e. The second-order valence-electron chi connectivity index (χ2n) is 6.82. The minimum Gasteiger partial charge on any atom is -0.339 e. The zero-order valence-electron chi connectivity index (χ0n) is 14.5. The Bertz CT molecular complexity index is 747. The molecule has 4 nitrogen and oxygen atoms in total. The van der Waals surface area contributed by atoms with Crippen molar-refractivity contribution < 1.29 is 9.18 Å². The van der Waals surface area contributed by atoms with Crippen LogP contribution in [0.3, 0.4) is 0 Å². The molecule has 1 N–H and O–H groups in total. The largest absolute Gasteiger partial charge is 0.339 e. The number of anilines is 1. The molecule has 6 heteroatoms. The van der Waals surface area contributed by atoms with Crippen molar-refractivity contribution in [1.82, 2.24) is 10.2 Å². The van der Waals surface area contributed by atoms with Gasteiger partial charge in [0.15, 0.2) is 0 Å². The monoisotopic (exact) mass is 375 g/mol.